The van der Waals surface area contributed by atoms with Gasteiger partial charge in [-0.15, -0.1) is 0 Å². The molecule has 0 aliphatic rings. The van der Waals surface area contributed by atoms with Crippen molar-refractivity contribution in [3.8, 4) is 10.4 Å². The SMILES string of the molecule is Cc1ccc(-c2ssc(=S)c2CCc2ccc(S(=O)(=O)[O-])cc2)cc1.[Na+]. The van der Waals surface area contributed by atoms with Gasteiger partial charge in [0.25, 0.3) is 0 Å². The summed E-state index contributed by atoms with van der Waals surface area (Å²) in [6.45, 7) is 2.06. The largest absolute Gasteiger partial charge is 1.00 e. The van der Waals surface area contributed by atoms with Crippen molar-refractivity contribution in [1.29, 1.82) is 0 Å². The Labute approximate surface area is 188 Å². The first kappa shape index (κ1) is 21.9. The Morgan fingerprint density at radius 2 is 1.58 bits per heavy atom. The van der Waals surface area contributed by atoms with Crippen LogP contribution in [0.3, 0.4) is 0 Å². The summed E-state index contributed by atoms with van der Waals surface area (Å²) >= 11 is 5.49. The average Bonchev–Trinajstić information content (AvgIpc) is 2.94. The minimum atomic E-state index is -4.39. The van der Waals surface area contributed by atoms with Crippen LogP contribution in [-0.4, -0.2) is 13.0 Å². The van der Waals surface area contributed by atoms with Gasteiger partial charge in [0, 0.05) is 5.56 Å². The maximum absolute atomic E-state index is 11.0. The fourth-order valence-corrected chi connectivity index (χ4v) is 5.99. The summed E-state index contributed by atoms with van der Waals surface area (Å²) in [5.74, 6) is 0. The summed E-state index contributed by atoms with van der Waals surface area (Å²) in [5, 5.41) is 0. The zero-order valence-electron chi connectivity index (χ0n) is 14.4. The van der Waals surface area contributed by atoms with E-state index in [4.69, 9.17) is 12.2 Å². The van der Waals surface area contributed by atoms with E-state index >= 15 is 0 Å². The molecule has 0 aliphatic heterocycles. The first-order valence-electron chi connectivity index (χ1n) is 7.58. The molecule has 0 bridgehead atoms. The third-order valence-electron chi connectivity index (χ3n) is 3.91. The second kappa shape index (κ2) is 9.21. The summed E-state index contributed by atoms with van der Waals surface area (Å²) in [4.78, 5) is 1.01. The van der Waals surface area contributed by atoms with Gasteiger partial charge in [-0.2, -0.15) is 0 Å². The van der Waals surface area contributed by atoms with Crippen molar-refractivity contribution in [2.24, 2.45) is 0 Å². The number of hydrogen-bond donors (Lipinski definition) is 0. The quantitative estimate of drug-likeness (QED) is 0.270. The smallest absolute Gasteiger partial charge is 0.744 e. The van der Waals surface area contributed by atoms with Crippen molar-refractivity contribution >= 4 is 43.0 Å². The average molecular weight is 431 g/mol. The number of rotatable bonds is 5. The van der Waals surface area contributed by atoms with Crippen LogP contribution in [0.15, 0.2) is 53.4 Å². The summed E-state index contributed by atoms with van der Waals surface area (Å²) < 4.78 is 33.9. The van der Waals surface area contributed by atoms with E-state index in [0.717, 1.165) is 27.8 Å². The van der Waals surface area contributed by atoms with Crippen molar-refractivity contribution in [3.63, 3.8) is 0 Å². The van der Waals surface area contributed by atoms with Crippen molar-refractivity contribution in [2.45, 2.75) is 24.7 Å². The van der Waals surface area contributed by atoms with Crippen LogP contribution in [0.1, 0.15) is 16.7 Å². The predicted octanol–water partition coefficient (Wildman–Crippen LogP) is 2.21. The molecule has 0 radical (unpaired) electrons. The maximum Gasteiger partial charge on any atom is 1.00 e. The van der Waals surface area contributed by atoms with Crippen LogP contribution >= 0.6 is 32.9 Å². The second-order valence-electron chi connectivity index (χ2n) is 5.73. The standard InChI is InChI=1S/C18H16O3S4.Na/c1-12-2-7-14(8-3-12)17-16(18(22)24-23-17)11-6-13-4-9-15(10-5-13)25(19,20)21;/h2-5,7-10H,6,11H2,1H3,(H,19,20,21);/q;+1/p-1. The molecule has 2 aromatic carbocycles. The number of benzene rings is 2. The van der Waals surface area contributed by atoms with Crippen LogP contribution in [0.2, 0.25) is 0 Å². The van der Waals surface area contributed by atoms with E-state index in [1.165, 1.54) is 28.1 Å². The zero-order chi connectivity index (χ0) is 18.0. The predicted molar refractivity (Wildman–Crippen MR) is 105 cm³/mol. The Hall–Kier alpha value is -0.380. The third kappa shape index (κ3) is 5.33. The first-order chi connectivity index (χ1) is 11.8. The van der Waals surface area contributed by atoms with Gasteiger partial charge in [0.1, 0.15) is 13.9 Å². The van der Waals surface area contributed by atoms with Crippen LogP contribution in [0.25, 0.3) is 10.4 Å². The molecular weight excluding hydrogens is 415 g/mol. The van der Waals surface area contributed by atoms with Gasteiger partial charge in [-0.1, -0.05) is 74.9 Å². The normalized spacial score (nSPS) is 11.2. The van der Waals surface area contributed by atoms with E-state index in [1.807, 2.05) is 0 Å². The molecule has 0 saturated heterocycles. The Morgan fingerprint density at radius 1 is 0.962 bits per heavy atom. The number of hydrogen-bond acceptors (Lipinski definition) is 6. The first-order valence-corrected chi connectivity index (χ1v) is 11.5. The zero-order valence-corrected chi connectivity index (χ0v) is 19.7. The van der Waals surface area contributed by atoms with Gasteiger partial charge in [-0.25, -0.2) is 8.42 Å². The molecule has 3 rings (SSSR count). The van der Waals surface area contributed by atoms with Crippen molar-refractivity contribution in [1.82, 2.24) is 0 Å². The molecule has 0 aliphatic carbocycles. The molecule has 0 amide bonds. The van der Waals surface area contributed by atoms with E-state index < -0.39 is 10.1 Å². The van der Waals surface area contributed by atoms with Crippen LogP contribution in [-0.2, 0) is 23.0 Å². The van der Waals surface area contributed by atoms with E-state index in [0.29, 0.717) is 0 Å². The maximum atomic E-state index is 11.0. The van der Waals surface area contributed by atoms with E-state index in [9.17, 15) is 13.0 Å². The molecule has 3 nitrogen and oxygen atoms in total. The van der Waals surface area contributed by atoms with Crippen LogP contribution in [0, 0.1) is 10.7 Å². The van der Waals surface area contributed by atoms with E-state index in [2.05, 4.69) is 31.2 Å². The Morgan fingerprint density at radius 3 is 2.15 bits per heavy atom. The van der Waals surface area contributed by atoms with Gasteiger partial charge in [-0.05, 0) is 43.0 Å². The molecule has 0 fully saturated rings. The van der Waals surface area contributed by atoms with Gasteiger partial charge in [0.05, 0.1) is 9.77 Å². The molecule has 0 spiro atoms. The summed E-state index contributed by atoms with van der Waals surface area (Å²) in [6, 6.07) is 14.5. The van der Waals surface area contributed by atoms with Gasteiger partial charge in [0.15, 0.2) is 0 Å². The summed E-state index contributed by atoms with van der Waals surface area (Å²) in [5.41, 5.74) is 4.53. The Balaban J connectivity index is 0.00000243. The van der Waals surface area contributed by atoms with Crippen LogP contribution < -0.4 is 29.6 Å². The molecule has 130 valence electrons. The van der Waals surface area contributed by atoms with Crippen molar-refractivity contribution in [3.05, 3.63) is 69.0 Å². The molecule has 0 unspecified atom stereocenters. The topological polar surface area (TPSA) is 57.2 Å². The van der Waals surface area contributed by atoms with Crippen molar-refractivity contribution < 1.29 is 42.5 Å². The second-order valence-corrected chi connectivity index (χ2v) is 9.92. The van der Waals surface area contributed by atoms with Crippen LogP contribution in [0.4, 0.5) is 0 Å². The monoisotopic (exact) mass is 430 g/mol. The molecule has 3 aromatic rings. The molecule has 1 heterocycles. The molecule has 0 N–H and O–H groups in total. The molecule has 26 heavy (non-hydrogen) atoms. The Bertz CT molecular complexity index is 1030. The van der Waals surface area contributed by atoms with Crippen molar-refractivity contribution in [2.75, 3.05) is 0 Å². The van der Waals surface area contributed by atoms with Gasteiger partial charge >= 0.3 is 29.6 Å². The summed E-state index contributed by atoms with van der Waals surface area (Å²) in [7, 11) is -1.09. The minimum Gasteiger partial charge on any atom is -0.744 e. The van der Waals surface area contributed by atoms with Gasteiger partial charge in [-0.3, -0.25) is 0 Å². The fraction of sp³-hybridized carbons (Fsp3) is 0.167. The molecule has 0 saturated carbocycles. The van der Waals surface area contributed by atoms with E-state index in [-0.39, 0.29) is 34.5 Å². The van der Waals surface area contributed by atoms with Gasteiger partial charge < -0.3 is 4.55 Å². The summed E-state index contributed by atoms with van der Waals surface area (Å²) in [6.07, 6.45) is 1.52. The molecule has 8 heteroatoms. The number of aryl methyl sites for hydroxylation is 2. The Kier molecular flexibility index (Phi) is 7.76. The van der Waals surface area contributed by atoms with Crippen LogP contribution in [0.5, 0.6) is 0 Å². The molecular formula is C18H15NaO3S4. The van der Waals surface area contributed by atoms with E-state index in [1.54, 1.807) is 32.8 Å². The third-order valence-corrected chi connectivity index (χ3v) is 7.95. The fourth-order valence-electron chi connectivity index (χ4n) is 2.51. The minimum absolute atomic E-state index is 0. The molecule has 0 atom stereocenters. The van der Waals surface area contributed by atoms with Gasteiger partial charge in [0.2, 0.25) is 0 Å². The molecule has 1 aromatic heterocycles.